The number of halogens is 1. The molecule has 0 aliphatic carbocycles. The van der Waals surface area contributed by atoms with Crippen molar-refractivity contribution in [1.29, 1.82) is 0 Å². The second-order valence-corrected chi connectivity index (χ2v) is 7.43. The van der Waals surface area contributed by atoms with Gasteiger partial charge in [0, 0.05) is 41.7 Å². The number of nitrogens with one attached hydrogen (secondary N) is 2. The van der Waals surface area contributed by atoms with Gasteiger partial charge in [-0.15, -0.1) is 0 Å². The van der Waals surface area contributed by atoms with E-state index in [1.165, 1.54) is 0 Å². The summed E-state index contributed by atoms with van der Waals surface area (Å²) in [5.74, 6) is -0.0280. The van der Waals surface area contributed by atoms with Crippen LogP contribution >= 0.6 is 15.9 Å². The second-order valence-electron chi connectivity index (χ2n) is 6.51. The Bertz CT molecular complexity index is 844. The summed E-state index contributed by atoms with van der Waals surface area (Å²) in [4.78, 5) is 26.9. The van der Waals surface area contributed by atoms with Crippen molar-refractivity contribution in [2.75, 3.05) is 18.4 Å². The fourth-order valence-corrected chi connectivity index (χ4v) is 3.91. The molecule has 2 aliphatic rings. The number of carbonyl (C=O) groups excluding carboxylic acids is 2. The Kier molecular flexibility index (Phi) is 4.00. The van der Waals surface area contributed by atoms with Gasteiger partial charge < -0.3 is 15.5 Å². The first-order chi connectivity index (χ1) is 12.1. The number of hydrogen-bond acceptors (Lipinski definition) is 3. The Morgan fingerprint density at radius 1 is 1.04 bits per heavy atom. The molecule has 0 bridgehead atoms. The highest BCUT2D eigenvalue weighted by Crippen LogP contribution is 2.31. The SMILES string of the molecule is O=C1NC2(CCN(C(=O)c3cccc(Br)c3)CC2)Nc2ccccc21. The van der Waals surface area contributed by atoms with E-state index in [0.717, 1.165) is 10.2 Å². The van der Waals surface area contributed by atoms with Crippen molar-refractivity contribution < 1.29 is 9.59 Å². The third-order valence-corrected chi connectivity index (χ3v) is 5.37. The standard InChI is InChI=1S/C19H18BrN3O2/c20-14-5-3-4-13(12-14)18(25)23-10-8-19(9-11-23)21-16-7-2-1-6-15(16)17(24)22-19/h1-7,12,21H,8-11H2,(H,22,24). The van der Waals surface area contributed by atoms with Gasteiger partial charge in [0.25, 0.3) is 11.8 Å². The molecular formula is C19H18BrN3O2. The summed E-state index contributed by atoms with van der Waals surface area (Å²) in [6.45, 7) is 1.20. The first-order valence-corrected chi connectivity index (χ1v) is 9.10. The maximum atomic E-state index is 12.7. The van der Waals surface area contributed by atoms with Crippen LogP contribution in [0.4, 0.5) is 5.69 Å². The van der Waals surface area contributed by atoms with Crippen molar-refractivity contribution >= 4 is 33.4 Å². The topological polar surface area (TPSA) is 61.4 Å². The summed E-state index contributed by atoms with van der Waals surface area (Å²) >= 11 is 3.41. The summed E-state index contributed by atoms with van der Waals surface area (Å²) in [5.41, 5.74) is 1.73. The summed E-state index contributed by atoms with van der Waals surface area (Å²) in [7, 11) is 0. The number of benzene rings is 2. The van der Waals surface area contributed by atoms with Crippen LogP contribution in [0.25, 0.3) is 0 Å². The Balaban J connectivity index is 1.49. The van der Waals surface area contributed by atoms with E-state index < -0.39 is 5.66 Å². The summed E-state index contributed by atoms with van der Waals surface area (Å²) in [6.07, 6.45) is 1.35. The molecule has 1 fully saturated rings. The highest BCUT2D eigenvalue weighted by Gasteiger charge is 2.40. The number of rotatable bonds is 1. The van der Waals surface area contributed by atoms with Crippen LogP contribution in [-0.2, 0) is 0 Å². The maximum Gasteiger partial charge on any atom is 0.255 e. The maximum absolute atomic E-state index is 12.7. The minimum atomic E-state index is -0.473. The molecule has 128 valence electrons. The van der Waals surface area contributed by atoms with E-state index in [1.54, 1.807) is 0 Å². The van der Waals surface area contributed by atoms with Crippen molar-refractivity contribution in [2.24, 2.45) is 0 Å². The molecule has 2 aromatic rings. The lowest BCUT2D eigenvalue weighted by Gasteiger charge is -2.45. The van der Waals surface area contributed by atoms with E-state index in [0.29, 0.717) is 37.1 Å². The molecule has 2 aromatic carbocycles. The minimum absolute atomic E-state index is 0.0266. The highest BCUT2D eigenvalue weighted by molar-refractivity contribution is 9.10. The lowest BCUT2D eigenvalue weighted by molar-refractivity contribution is 0.0639. The molecule has 2 N–H and O–H groups in total. The average molecular weight is 400 g/mol. The van der Waals surface area contributed by atoms with Gasteiger partial charge in [-0.2, -0.15) is 0 Å². The van der Waals surface area contributed by atoms with Crippen molar-refractivity contribution in [3.05, 3.63) is 64.1 Å². The summed E-state index contributed by atoms with van der Waals surface area (Å²) < 4.78 is 0.893. The smallest absolute Gasteiger partial charge is 0.255 e. The van der Waals surface area contributed by atoms with Gasteiger partial charge in [-0.05, 0) is 30.3 Å². The Labute approximate surface area is 154 Å². The first-order valence-electron chi connectivity index (χ1n) is 8.31. The van der Waals surface area contributed by atoms with E-state index in [-0.39, 0.29) is 11.8 Å². The quantitative estimate of drug-likeness (QED) is 0.773. The molecule has 25 heavy (non-hydrogen) atoms. The zero-order valence-corrected chi connectivity index (χ0v) is 15.2. The molecule has 2 heterocycles. The average Bonchev–Trinajstić information content (AvgIpc) is 2.62. The van der Waals surface area contributed by atoms with Gasteiger partial charge in [0.1, 0.15) is 5.66 Å². The molecule has 1 saturated heterocycles. The number of para-hydroxylation sites is 1. The lowest BCUT2D eigenvalue weighted by atomic mass is 9.92. The van der Waals surface area contributed by atoms with Gasteiger partial charge in [0.05, 0.1) is 5.56 Å². The fraction of sp³-hybridized carbons (Fsp3) is 0.263. The molecule has 1 spiro atoms. The second kappa shape index (κ2) is 6.19. The van der Waals surface area contributed by atoms with Crippen molar-refractivity contribution in [2.45, 2.75) is 18.5 Å². The van der Waals surface area contributed by atoms with Gasteiger partial charge in [-0.25, -0.2) is 0 Å². The van der Waals surface area contributed by atoms with Crippen LogP contribution in [0.5, 0.6) is 0 Å². The summed E-state index contributed by atoms with van der Waals surface area (Å²) in [5, 5.41) is 6.57. The Morgan fingerprint density at radius 2 is 1.80 bits per heavy atom. The van der Waals surface area contributed by atoms with Crippen LogP contribution in [0, 0.1) is 0 Å². The normalized spacial score (nSPS) is 18.3. The number of likely N-dealkylation sites (tertiary alicyclic amines) is 1. The van der Waals surface area contributed by atoms with E-state index in [4.69, 9.17) is 0 Å². The number of hydrogen-bond donors (Lipinski definition) is 2. The van der Waals surface area contributed by atoms with Crippen LogP contribution in [0.2, 0.25) is 0 Å². The molecule has 0 unspecified atom stereocenters. The number of carbonyl (C=O) groups is 2. The van der Waals surface area contributed by atoms with Crippen LogP contribution < -0.4 is 10.6 Å². The third-order valence-electron chi connectivity index (χ3n) is 4.87. The zero-order chi connectivity index (χ0) is 17.4. The molecule has 0 atom stereocenters. The van der Waals surface area contributed by atoms with Gasteiger partial charge in [-0.3, -0.25) is 9.59 Å². The largest absolute Gasteiger partial charge is 0.362 e. The number of fused-ring (bicyclic) bond motifs is 1. The number of piperidine rings is 1. The molecular weight excluding hydrogens is 382 g/mol. The molecule has 0 saturated carbocycles. The van der Waals surface area contributed by atoms with Crippen LogP contribution in [0.1, 0.15) is 33.6 Å². The van der Waals surface area contributed by atoms with E-state index in [2.05, 4.69) is 26.6 Å². The Hall–Kier alpha value is -2.34. The third kappa shape index (κ3) is 3.02. The number of anilines is 1. The van der Waals surface area contributed by atoms with Crippen molar-refractivity contribution in [3.8, 4) is 0 Å². The molecule has 6 heteroatoms. The van der Waals surface area contributed by atoms with Crippen LogP contribution in [-0.4, -0.2) is 35.5 Å². The predicted molar refractivity (Wildman–Crippen MR) is 99.5 cm³/mol. The zero-order valence-electron chi connectivity index (χ0n) is 13.6. The predicted octanol–water partition coefficient (Wildman–Crippen LogP) is 3.24. The molecule has 2 amide bonds. The highest BCUT2D eigenvalue weighted by atomic mass is 79.9. The van der Waals surface area contributed by atoms with Gasteiger partial charge >= 0.3 is 0 Å². The number of amides is 2. The lowest BCUT2D eigenvalue weighted by Crippen LogP contribution is -2.62. The van der Waals surface area contributed by atoms with Crippen molar-refractivity contribution in [3.63, 3.8) is 0 Å². The molecule has 0 radical (unpaired) electrons. The van der Waals surface area contributed by atoms with Crippen LogP contribution in [0.3, 0.4) is 0 Å². The summed E-state index contributed by atoms with van der Waals surface area (Å²) in [6, 6.07) is 15.0. The van der Waals surface area contributed by atoms with E-state index in [9.17, 15) is 9.59 Å². The molecule has 5 nitrogen and oxygen atoms in total. The first kappa shape index (κ1) is 16.1. The molecule has 4 rings (SSSR count). The fourth-order valence-electron chi connectivity index (χ4n) is 3.51. The Morgan fingerprint density at radius 3 is 2.56 bits per heavy atom. The van der Waals surface area contributed by atoms with E-state index in [1.807, 2.05) is 53.4 Å². The van der Waals surface area contributed by atoms with Crippen LogP contribution in [0.15, 0.2) is 53.0 Å². The van der Waals surface area contributed by atoms with Gasteiger partial charge in [0.2, 0.25) is 0 Å². The van der Waals surface area contributed by atoms with Gasteiger partial charge in [-0.1, -0.05) is 34.1 Å². The van der Waals surface area contributed by atoms with Crippen molar-refractivity contribution in [1.82, 2.24) is 10.2 Å². The van der Waals surface area contributed by atoms with Gasteiger partial charge in [0.15, 0.2) is 0 Å². The molecule has 2 aliphatic heterocycles. The van der Waals surface area contributed by atoms with E-state index >= 15 is 0 Å². The monoisotopic (exact) mass is 399 g/mol. The molecule has 0 aromatic heterocycles. The number of nitrogens with zero attached hydrogens (tertiary/aromatic N) is 1. The minimum Gasteiger partial charge on any atom is -0.362 e.